The number of hydrogen-bond acceptors (Lipinski definition) is 2. The number of hydrogen-bond donors (Lipinski definition) is 1. The Kier molecular flexibility index (Phi) is 5.68. The van der Waals surface area contributed by atoms with Gasteiger partial charge in [0, 0.05) is 15.3 Å². The van der Waals surface area contributed by atoms with Crippen LogP contribution in [0.2, 0.25) is 0 Å². The monoisotopic (exact) mass is 253 g/mol. The molecule has 1 nitrogen and oxygen atoms in total. The van der Waals surface area contributed by atoms with Crippen LogP contribution in [0.3, 0.4) is 0 Å². The van der Waals surface area contributed by atoms with Gasteiger partial charge >= 0.3 is 0 Å². The summed E-state index contributed by atoms with van der Waals surface area (Å²) < 4.78 is 0. The van der Waals surface area contributed by atoms with Gasteiger partial charge < -0.3 is 5.32 Å². The molecule has 0 saturated carbocycles. The third-order valence-electron chi connectivity index (χ3n) is 3.05. The van der Waals surface area contributed by atoms with Crippen LogP contribution in [0.25, 0.3) is 0 Å². The Balaban J connectivity index is 2.46. The van der Waals surface area contributed by atoms with Crippen molar-refractivity contribution in [2.75, 3.05) is 6.54 Å². The second-order valence-corrected chi connectivity index (χ2v) is 7.08. The smallest absolute Gasteiger partial charge is 0.00966 e. The Bertz CT molecular complexity index is 322. The molecule has 1 N–H and O–H groups in total. The van der Waals surface area contributed by atoms with Gasteiger partial charge in [0.15, 0.2) is 0 Å². The highest BCUT2D eigenvalue weighted by Gasteiger charge is 2.14. The predicted octanol–water partition coefficient (Wildman–Crippen LogP) is 4.27. The molecule has 1 rings (SSSR count). The number of rotatable bonds is 6. The average Bonchev–Trinajstić information content (AvgIpc) is 2.70. The van der Waals surface area contributed by atoms with Crippen LogP contribution in [0.15, 0.2) is 12.1 Å². The second kappa shape index (κ2) is 6.55. The van der Waals surface area contributed by atoms with Crippen LogP contribution in [-0.2, 0) is 12.8 Å². The van der Waals surface area contributed by atoms with Crippen molar-refractivity contribution in [1.29, 1.82) is 0 Å². The molecule has 1 unspecified atom stereocenters. The van der Waals surface area contributed by atoms with Crippen LogP contribution in [0.5, 0.6) is 0 Å². The van der Waals surface area contributed by atoms with E-state index in [1.165, 1.54) is 24.1 Å². The standard InChI is InChI=1S/C15H27NS/c1-6-12(11-16-15(3,4)5)10-14-9-8-13(7-2)17-14/h8-9,12,16H,6-7,10-11H2,1-5H3. The van der Waals surface area contributed by atoms with E-state index in [4.69, 9.17) is 0 Å². The van der Waals surface area contributed by atoms with Gasteiger partial charge in [0.1, 0.15) is 0 Å². The molecule has 2 heteroatoms. The first-order chi connectivity index (χ1) is 7.94. The highest BCUT2D eigenvalue weighted by molar-refractivity contribution is 7.11. The molecular formula is C15H27NS. The van der Waals surface area contributed by atoms with Gasteiger partial charge in [0.2, 0.25) is 0 Å². The topological polar surface area (TPSA) is 12.0 Å². The fourth-order valence-electron chi connectivity index (χ4n) is 1.82. The lowest BCUT2D eigenvalue weighted by atomic mass is 9.99. The summed E-state index contributed by atoms with van der Waals surface area (Å²) in [6.07, 6.45) is 3.65. The van der Waals surface area contributed by atoms with Crippen molar-refractivity contribution in [1.82, 2.24) is 5.32 Å². The van der Waals surface area contributed by atoms with E-state index in [2.05, 4.69) is 52.1 Å². The first-order valence-corrected chi connectivity index (χ1v) is 7.59. The van der Waals surface area contributed by atoms with Gasteiger partial charge in [-0.15, -0.1) is 11.3 Å². The van der Waals surface area contributed by atoms with E-state index in [9.17, 15) is 0 Å². The highest BCUT2D eigenvalue weighted by atomic mass is 32.1. The van der Waals surface area contributed by atoms with Crippen LogP contribution >= 0.6 is 11.3 Å². The molecule has 0 aromatic carbocycles. The maximum atomic E-state index is 3.62. The lowest BCUT2D eigenvalue weighted by Crippen LogP contribution is -2.39. The van der Waals surface area contributed by atoms with Crippen molar-refractivity contribution < 1.29 is 0 Å². The summed E-state index contributed by atoms with van der Waals surface area (Å²) in [5, 5.41) is 3.62. The molecule has 0 saturated heterocycles. The van der Waals surface area contributed by atoms with Gasteiger partial charge in [-0.05, 0) is 58.2 Å². The van der Waals surface area contributed by atoms with E-state index < -0.39 is 0 Å². The van der Waals surface area contributed by atoms with Gasteiger partial charge in [0.25, 0.3) is 0 Å². The molecule has 17 heavy (non-hydrogen) atoms. The summed E-state index contributed by atoms with van der Waals surface area (Å²) in [6, 6.07) is 4.59. The fraction of sp³-hybridized carbons (Fsp3) is 0.733. The second-order valence-electron chi connectivity index (χ2n) is 5.83. The summed E-state index contributed by atoms with van der Waals surface area (Å²) in [5.41, 5.74) is 0.234. The Morgan fingerprint density at radius 3 is 2.29 bits per heavy atom. The fourth-order valence-corrected chi connectivity index (χ4v) is 2.89. The van der Waals surface area contributed by atoms with Gasteiger partial charge in [-0.1, -0.05) is 20.3 Å². The zero-order chi connectivity index (χ0) is 12.9. The Morgan fingerprint density at radius 2 is 1.82 bits per heavy atom. The summed E-state index contributed by atoms with van der Waals surface area (Å²) in [7, 11) is 0. The van der Waals surface area contributed by atoms with E-state index in [0.29, 0.717) is 0 Å². The molecule has 98 valence electrons. The largest absolute Gasteiger partial charge is 0.312 e. The van der Waals surface area contributed by atoms with E-state index in [1.807, 2.05) is 11.3 Å². The minimum absolute atomic E-state index is 0.234. The first-order valence-electron chi connectivity index (χ1n) is 6.77. The van der Waals surface area contributed by atoms with Crippen molar-refractivity contribution >= 4 is 11.3 Å². The van der Waals surface area contributed by atoms with Crippen LogP contribution < -0.4 is 5.32 Å². The lowest BCUT2D eigenvalue weighted by molar-refractivity contribution is 0.364. The van der Waals surface area contributed by atoms with Gasteiger partial charge in [-0.3, -0.25) is 0 Å². The Morgan fingerprint density at radius 1 is 1.18 bits per heavy atom. The van der Waals surface area contributed by atoms with Crippen molar-refractivity contribution in [3.8, 4) is 0 Å². The predicted molar refractivity (Wildman–Crippen MR) is 78.9 cm³/mol. The molecule has 0 radical (unpaired) electrons. The molecule has 0 fully saturated rings. The average molecular weight is 253 g/mol. The molecule has 0 aliphatic heterocycles. The Hall–Kier alpha value is -0.340. The third kappa shape index (κ3) is 5.69. The molecule has 0 amide bonds. The van der Waals surface area contributed by atoms with Crippen LogP contribution in [0.1, 0.15) is 50.8 Å². The first kappa shape index (κ1) is 14.7. The number of thiophene rings is 1. The number of aryl methyl sites for hydroxylation is 1. The minimum atomic E-state index is 0.234. The van der Waals surface area contributed by atoms with Gasteiger partial charge in [0.05, 0.1) is 0 Å². The third-order valence-corrected chi connectivity index (χ3v) is 4.31. The lowest BCUT2D eigenvalue weighted by Gasteiger charge is -2.24. The molecular weight excluding hydrogens is 226 g/mol. The molecule has 1 atom stereocenters. The van der Waals surface area contributed by atoms with Crippen molar-refractivity contribution in [3.63, 3.8) is 0 Å². The zero-order valence-electron chi connectivity index (χ0n) is 12.0. The van der Waals surface area contributed by atoms with E-state index in [-0.39, 0.29) is 5.54 Å². The molecule has 1 aromatic rings. The van der Waals surface area contributed by atoms with Gasteiger partial charge in [-0.25, -0.2) is 0 Å². The molecule has 0 spiro atoms. The summed E-state index contributed by atoms with van der Waals surface area (Å²) in [4.78, 5) is 3.06. The highest BCUT2D eigenvalue weighted by Crippen LogP contribution is 2.21. The molecule has 1 aromatic heterocycles. The molecule has 0 aliphatic rings. The zero-order valence-corrected chi connectivity index (χ0v) is 12.8. The maximum Gasteiger partial charge on any atom is 0.00966 e. The minimum Gasteiger partial charge on any atom is -0.312 e. The molecule has 0 aliphatic carbocycles. The quantitative estimate of drug-likeness (QED) is 0.798. The SMILES string of the molecule is CCc1ccc(CC(CC)CNC(C)(C)C)s1. The van der Waals surface area contributed by atoms with Crippen LogP contribution in [0.4, 0.5) is 0 Å². The Labute approximate surface area is 111 Å². The summed E-state index contributed by atoms with van der Waals surface area (Å²) >= 11 is 1.98. The van der Waals surface area contributed by atoms with Crippen LogP contribution in [0, 0.1) is 5.92 Å². The van der Waals surface area contributed by atoms with Crippen molar-refractivity contribution in [2.45, 2.75) is 59.4 Å². The van der Waals surface area contributed by atoms with Crippen molar-refractivity contribution in [3.05, 3.63) is 21.9 Å². The maximum absolute atomic E-state index is 3.62. The number of nitrogens with one attached hydrogen (secondary N) is 1. The summed E-state index contributed by atoms with van der Waals surface area (Å²) in [6.45, 7) is 12.4. The van der Waals surface area contributed by atoms with Gasteiger partial charge in [-0.2, -0.15) is 0 Å². The van der Waals surface area contributed by atoms with E-state index in [1.54, 1.807) is 4.88 Å². The summed E-state index contributed by atoms with van der Waals surface area (Å²) in [5.74, 6) is 0.762. The van der Waals surface area contributed by atoms with Crippen molar-refractivity contribution in [2.24, 2.45) is 5.92 Å². The normalized spacial score (nSPS) is 13.9. The molecule has 0 bridgehead atoms. The molecule has 1 heterocycles. The van der Waals surface area contributed by atoms with E-state index >= 15 is 0 Å². The van der Waals surface area contributed by atoms with Crippen LogP contribution in [-0.4, -0.2) is 12.1 Å². The van der Waals surface area contributed by atoms with E-state index in [0.717, 1.165) is 12.5 Å².